The van der Waals surface area contributed by atoms with Crippen LogP contribution in [0.2, 0.25) is 0 Å². The van der Waals surface area contributed by atoms with Crippen molar-refractivity contribution < 1.29 is 9.59 Å². The van der Waals surface area contributed by atoms with Gasteiger partial charge in [0.2, 0.25) is 6.08 Å². The fourth-order valence-electron chi connectivity index (χ4n) is 1.40. The number of nitrogens with zero attached hydrogens (tertiary/aromatic N) is 2. The Kier molecular flexibility index (Phi) is 4.23. The average molecular weight is 239 g/mol. The standard InChI is InChI=1S/C11H11ClN2O2/c1-3-14(11(12)16)10-6-9(13-7-15)5-4-8(10)2/h4-6H,3H2,1-2H3. The van der Waals surface area contributed by atoms with E-state index >= 15 is 0 Å². The first-order valence-electron chi connectivity index (χ1n) is 4.75. The van der Waals surface area contributed by atoms with E-state index in [0.717, 1.165) is 5.56 Å². The third-order valence-corrected chi connectivity index (χ3v) is 2.39. The van der Waals surface area contributed by atoms with Crippen LogP contribution in [0.15, 0.2) is 23.2 Å². The highest BCUT2D eigenvalue weighted by molar-refractivity contribution is 6.66. The van der Waals surface area contributed by atoms with Gasteiger partial charge in [-0.15, -0.1) is 0 Å². The number of hydrogen-bond acceptors (Lipinski definition) is 3. The number of halogens is 1. The molecule has 0 radical (unpaired) electrons. The Bertz CT molecular complexity index is 453. The molecule has 1 amide bonds. The lowest BCUT2D eigenvalue weighted by molar-refractivity contribution is 0.264. The molecule has 0 saturated heterocycles. The van der Waals surface area contributed by atoms with E-state index in [1.54, 1.807) is 18.2 Å². The molecule has 0 aliphatic heterocycles. The van der Waals surface area contributed by atoms with Crippen LogP contribution in [0.4, 0.5) is 16.2 Å². The van der Waals surface area contributed by atoms with Gasteiger partial charge in [-0.05, 0) is 43.1 Å². The minimum Gasteiger partial charge on any atom is -0.299 e. The smallest absolute Gasteiger partial charge is 0.299 e. The lowest BCUT2D eigenvalue weighted by Gasteiger charge is -2.19. The third-order valence-electron chi connectivity index (χ3n) is 2.19. The van der Waals surface area contributed by atoms with Crippen LogP contribution in [0.25, 0.3) is 0 Å². The van der Waals surface area contributed by atoms with Gasteiger partial charge >= 0.3 is 5.37 Å². The molecule has 0 aromatic heterocycles. The van der Waals surface area contributed by atoms with Crippen LogP contribution in [0.1, 0.15) is 12.5 Å². The zero-order chi connectivity index (χ0) is 12.1. The molecular weight excluding hydrogens is 228 g/mol. The van der Waals surface area contributed by atoms with Crippen molar-refractivity contribution in [3.63, 3.8) is 0 Å². The molecule has 4 nitrogen and oxygen atoms in total. The van der Waals surface area contributed by atoms with Crippen molar-refractivity contribution >= 4 is 34.4 Å². The van der Waals surface area contributed by atoms with E-state index in [-0.39, 0.29) is 0 Å². The van der Waals surface area contributed by atoms with Crippen LogP contribution in [0.3, 0.4) is 0 Å². The summed E-state index contributed by atoms with van der Waals surface area (Å²) in [6.45, 7) is 4.12. The van der Waals surface area contributed by atoms with Crippen LogP contribution in [-0.2, 0) is 4.79 Å². The van der Waals surface area contributed by atoms with Crippen LogP contribution < -0.4 is 4.90 Å². The minimum atomic E-state index is -0.558. The molecule has 0 N–H and O–H groups in total. The van der Waals surface area contributed by atoms with E-state index in [4.69, 9.17) is 11.6 Å². The topological polar surface area (TPSA) is 49.7 Å². The Balaban J connectivity index is 3.24. The van der Waals surface area contributed by atoms with Gasteiger partial charge in [-0.3, -0.25) is 9.69 Å². The van der Waals surface area contributed by atoms with Crippen molar-refractivity contribution in [3.8, 4) is 0 Å². The maximum atomic E-state index is 11.2. The number of amides is 1. The maximum Gasteiger partial charge on any atom is 0.320 e. The van der Waals surface area contributed by atoms with Crippen molar-refractivity contribution in [1.82, 2.24) is 0 Å². The van der Waals surface area contributed by atoms with Crippen molar-refractivity contribution in [2.75, 3.05) is 11.4 Å². The van der Waals surface area contributed by atoms with Crippen LogP contribution >= 0.6 is 11.6 Å². The Morgan fingerprint density at radius 1 is 1.56 bits per heavy atom. The molecule has 1 aromatic rings. The Morgan fingerprint density at radius 3 is 2.75 bits per heavy atom. The third kappa shape index (κ3) is 2.69. The molecular formula is C11H11ClN2O2. The molecule has 0 unspecified atom stereocenters. The van der Waals surface area contributed by atoms with E-state index in [2.05, 4.69) is 4.99 Å². The second-order valence-electron chi connectivity index (χ2n) is 3.17. The number of carbonyl (C=O) groups excluding carboxylic acids is 2. The first kappa shape index (κ1) is 12.4. The maximum absolute atomic E-state index is 11.2. The molecule has 16 heavy (non-hydrogen) atoms. The number of benzene rings is 1. The van der Waals surface area contributed by atoms with Gasteiger partial charge in [-0.25, -0.2) is 4.79 Å². The lowest BCUT2D eigenvalue weighted by Crippen LogP contribution is -2.25. The molecule has 84 valence electrons. The van der Waals surface area contributed by atoms with Crippen LogP contribution in [-0.4, -0.2) is 18.0 Å². The van der Waals surface area contributed by atoms with Crippen molar-refractivity contribution in [2.45, 2.75) is 13.8 Å². The zero-order valence-corrected chi connectivity index (χ0v) is 9.78. The van der Waals surface area contributed by atoms with Crippen molar-refractivity contribution in [2.24, 2.45) is 4.99 Å². The number of hydrogen-bond donors (Lipinski definition) is 0. The van der Waals surface area contributed by atoms with E-state index < -0.39 is 5.37 Å². The Labute approximate surface area is 98.5 Å². The molecule has 1 rings (SSSR count). The largest absolute Gasteiger partial charge is 0.320 e. The second-order valence-corrected chi connectivity index (χ2v) is 3.49. The summed E-state index contributed by atoms with van der Waals surface area (Å²) in [4.78, 5) is 26.2. The van der Waals surface area contributed by atoms with Gasteiger partial charge in [0.1, 0.15) is 0 Å². The van der Waals surface area contributed by atoms with E-state index in [1.165, 1.54) is 11.0 Å². The minimum absolute atomic E-state index is 0.451. The first-order chi connectivity index (χ1) is 7.60. The molecule has 0 fully saturated rings. The fraction of sp³-hybridized carbons (Fsp3) is 0.273. The van der Waals surface area contributed by atoms with Crippen molar-refractivity contribution in [3.05, 3.63) is 23.8 Å². The molecule has 0 bridgehead atoms. The van der Waals surface area contributed by atoms with Gasteiger partial charge in [0.05, 0.1) is 5.69 Å². The Morgan fingerprint density at radius 2 is 2.25 bits per heavy atom. The van der Waals surface area contributed by atoms with E-state index in [9.17, 15) is 9.59 Å². The highest BCUT2D eigenvalue weighted by atomic mass is 35.5. The molecule has 0 aliphatic carbocycles. The summed E-state index contributed by atoms with van der Waals surface area (Å²) < 4.78 is 0. The van der Waals surface area contributed by atoms with Gasteiger partial charge < -0.3 is 0 Å². The van der Waals surface area contributed by atoms with Gasteiger partial charge in [-0.2, -0.15) is 4.99 Å². The second kappa shape index (κ2) is 5.45. The summed E-state index contributed by atoms with van der Waals surface area (Å²) in [6.07, 6.45) is 1.46. The molecule has 1 aromatic carbocycles. The van der Waals surface area contributed by atoms with E-state index in [1.807, 2.05) is 13.8 Å². The summed E-state index contributed by atoms with van der Waals surface area (Å²) in [5.41, 5.74) is 1.99. The summed E-state index contributed by atoms with van der Waals surface area (Å²) in [7, 11) is 0. The monoisotopic (exact) mass is 238 g/mol. The summed E-state index contributed by atoms with van der Waals surface area (Å²) in [5.74, 6) is 0. The average Bonchev–Trinajstić information content (AvgIpc) is 2.23. The fourth-order valence-corrected chi connectivity index (χ4v) is 1.61. The zero-order valence-electron chi connectivity index (χ0n) is 9.03. The molecule has 0 spiro atoms. The summed E-state index contributed by atoms with van der Waals surface area (Å²) in [6, 6.07) is 5.08. The number of anilines is 1. The number of aliphatic imine (C=N–C) groups is 1. The summed E-state index contributed by atoms with van der Waals surface area (Å²) >= 11 is 5.46. The lowest BCUT2D eigenvalue weighted by atomic mass is 10.1. The summed E-state index contributed by atoms with van der Waals surface area (Å²) in [5, 5.41) is -0.558. The van der Waals surface area contributed by atoms with Gasteiger partial charge in [0.25, 0.3) is 0 Å². The normalized spacial score (nSPS) is 9.44. The number of carbonyl (C=O) groups is 1. The molecule has 0 aliphatic rings. The van der Waals surface area contributed by atoms with Gasteiger partial charge in [0.15, 0.2) is 0 Å². The van der Waals surface area contributed by atoms with Crippen LogP contribution in [0, 0.1) is 6.92 Å². The predicted molar refractivity (Wildman–Crippen MR) is 63.2 cm³/mol. The highest BCUT2D eigenvalue weighted by Gasteiger charge is 2.13. The molecule has 0 saturated carbocycles. The number of rotatable bonds is 3. The van der Waals surface area contributed by atoms with Crippen LogP contribution in [0.5, 0.6) is 0 Å². The highest BCUT2D eigenvalue weighted by Crippen LogP contribution is 2.26. The molecule has 0 atom stereocenters. The van der Waals surface area contributed by atoms with Gasteiger partial charge in [-0.1, -0.05) is 6.07 Å². The number of aryl methyl sites for hydroxylation is 1. The van der Waals surface area contributed by atoms with E-state index in [0.29, 0.717) is 17.9 Å². The van der Waals surface area contributed by atoms with Gasteiger partial charge in [0, 0.05) is 12.2 Å². The van der Waals surface area contributed by atoms with Crippen molar-refractivity contribution in [1.29, 1.82) is 0 Å². The predicted octanol–water partition coefficient (Wildman–Crippen LogP) is 3.15. The number of isocyanates is 1. The quantitative estimate of drug-likeness (QED) is 0.352. The first-order valence-corrected chi connectivity index (χ1v) is 5.13. The molecule has 0 heterocycles. The molecule has 5 heteroatoms. The Hall–Kier alpha value is -1.64. The SMILES string of the molecule is CCN(C(=O)Cl)c1cc(N=C=O)ccc1C.